The third-order valence-corrected chi connectivity index (χ3v) is 5.62. The molecule has 2 N–H and O–H groups in total. The fourth-order valence-electron chi connectivity index (χ4n) is 3.83. The Hall–Kier alpha value is -3.36. The zero-order valence-corrected chi connectivity index (χ0v) is 17.9. The number of halogens is 3. The van der Waals surface area contributed by atoms with Crippen LogP contribution in [-0.4, -0.2) is 46.9 Å². The highest BCUT2D eigenvalue weighted by molar-refractivity contribution is 5.85. The maximum absolute atomic E-state index is 12.6. The number of hydrogen-bond acceptors (Lipinski definition) is 3. The van der Waals surface area contributed by atoms with Crippen molar-refractivity contribution in [2.45, 2.75) is 44.3 Å². The van der Waals surface area contributed by atoms with E-state index >= 15 is 0 Å². The van der Waals surface area contributed by atoms with E-state index in [0.717, 1.165) is 23.3 Å². The van der Waals surface area contributed by atoms with Crippen molar-refractivity contribution in [2.24, 2.45) is 0 Å². The van der Waals surface area contributed by atoms with Gasteiger partial charge < -0.3 is 15.3 Å². The summed E-state index contributed by atoms with van der Waals surface area (Å²) in [5.74, 6) is -1.46. The van der Waals surface area contributed by atoms with Gasteiger partial charge in [-0.05, 0) is 48.1 Å². The topological polar surface area (TPSA) is 86.7 Å². The Kier molecular flexibility index (Phi) is 7.73. The highest BCUT2D eigenvalue weighted by Gasteiger charge is 2.33. The van der Waals surface area contributed by atoms with Crippen molar-refractivity contribution in [3.63, 3.8) is 0 Å². The van der Waals surface area contributed by atoms with E-state index in [9.17, 15) is 32.7 Å². The van der Waals surface area contributed by atoms with Gasteiger partial charge >= 0.3 is 12.1 Å². The summed E-state index contributed by atoms with van der Waals surface area (Å²) >= 11 is 0. The second-order valence-electron chi connectivity index (χ2n) is 8.05. The molecule has 1 atom stereocenters. The van der Waals surface area contributed by atoms with Crippen LogP contribution in [0.2, 0.25) is 0 Å². The standard InChI is InChI=1S/C24H25F3N2O4/c25-24(26,27)19-9-7-17(8-10-19)14-21(30)28-12-11-16-3-5-18(6-4-16)15-22(31)29-13-1-2-20(29)23(32)33/h3-10,20H,1-2,11-15H2,(H,28,30)(H,32,33)/t20-/m1/s1. The molecule has 1 aliphatic rings. The van der Waals surface area contributed by atoms with Gasteiger partial charge in [-0.25, -0.2) is 4.79 Å². The number of alkyl halides is 3. The molecule has 1 aliphatic heterocycles. The largest absolute Gasteiger partial charge is 0.480 e. The second-order valence-corrected chi connectivity index (χ2v) is 8.05. The third-order valence-electron chi connectivity index (χ3n) is 5.62. The number of aliphatic carboxylic acids is 1. The van der Waals surface area contributed by atoms with Gasteiger partial charge in [-0.2, -0.15) is 13.2 Å². The van der Waals surface area contributed by atoms with Crippen LogP contribution in [0.3, 0.4) is 0 Å². The maximum Gasteiger partial charge on any atom is 0.416 e. The number of nitrogens with one attached hydrogen (secondary N) is 1. The van der Waals surface area contributed by atoms with E-state index in [1.807, 2.05) is 24.3 Å². The number of carbonyl (C=O) groups is 3. The zero-order chi connectivity index (χ0) is 24.0. The van der Waals surface area contributed by atoms with Gasteiger partial charge in [0.1, 0.15) is 6.04 Å². The van der Waals surface area contributed by atoms with Crippen molar-refractivity contribution < 1.29 is 32.7 Å². The Morgan fingerprint density at radius 1 is 0.939 bits per heavy atom. The van der Waals surface area contributed by atoms with Crippen molar-refractivity contribution in [2.75, 3.05) is 13.1 Å². The average molecular weight is 462 g/mol. The van der Waals surface area contributed by atoms with E-state index in [4.69, 9.17) is 0 Å². The number of carboxylic acid groups (broad SMARTS) is 1. The molecule has 33 heavy (non-hydrogen) atoms. The number of rotatable bonds is 8. The summed E-state index contributed by atoms with van der Waals surface area (Å²) in [4.78, 5) is 37.1. The molecule has 0 radical (unpaired) electrons. The van der Waals surface area contributed by atoms with E-state index in [-0.39, 0.29) is 24.7 Å². The molecule has 3 rings (SSSR count). The quantitative estimate of drug-likeness (QED) is 0.631. The van der Waals surface area contributed by atoms with Crippen LogP contribution >= 0.6 is 0 Å². The molecule has 2 aromatic rings. The summed E-state index contributed by atoms with van der Waals surface area (Å²) in [5.41, 5.74) is 1.48. The Morgan fingerprint density at radius 3 is 2.12 bits per heavy atom. The summed E-state index contributed by atoms with van der Waals surface area (Å²) in [6.45, 7) is 0.825. The molecule has 1 saturated heterocycles. The Labute approximate surface area is 189 Å². The molecule has 0 bridgehead atoms. The van der Waals surface area contributed by atoms with E-state index in [0.29, 0.717) is 37.9 Å². The van der Waals surface area contributed by atoms with Gasteiger partial charge in [0.05, 0.1) is 18.4 Å². The van der Waals surface area contributed by atoms with Crippen LogP contribution in [0.1, 0.15) is 35.1 Å². The molecule has 0 saturated carbocycles. The average Bonchev–Trinajstić information content (AvgIpc) is 3.25. The number of nitrogens with zero attached hydrogens (tertiary/aromatic N) is 1. The van der Waals surface area contributed by atoms with E-state index < -0.39 is 23.8 Å². The lowest BCUT2D eigenvalue weighted by atomic mass is 10.1. The summed E-state index contributed by atoms with van der Waals surface area (Å²) in [6.07, 6.45) is -2.56. The fourth-order valence-corrected chi connectivity index (χ4v) is 3.83. The molecule has 0 unspecified atom stereocenters. The summed E-state index contributed by atoms with van der Waals surface area (Å²) in [5, 5.41) is 12.0. The maximum atomic E-state index is 12.6. The number of hydrogen-bond donors (Lipinski definition) is 2. The summed E-state index contributed by atoms with van der Waals surface area (Å²) in [6, 6.07) is 11.1. The summed E-state index contributed by atoms with van der Waals surface area (Å²) in [7, 11) is 0. The first-order valence-corrected chi connectivity index (χ1v) is 10.7. The Bertz CT molecular complexity index is 988. The number of carboxylic acids is 1. The highest BCUT2D eigenvalue weighted by atomic mass is 19.4. The lowest BCUT2D eigenvalue weighted by Gasteiger charge is -2.21. The van der Waals surface area contributed by atoms with E-state index in [2.05, 4.69) is 5.32 Å². The van der Waals surface area contributed by atoms with Crippen molar-refractivity contribution in [1.82, 2.24) is 10.2 Å². The van der Waals surface area contributed by atoms with Crippen LogP contribution in [0.5, 0.6) is 0 Å². The molecular formula is C24H25F3N2O4. The second kappa shape index (κ2) is 10.5. The molecule has 2 aromatic carbocycles. The molecule has 0 spiro atoms. The van der Waals surface area contributed by atoms with Crippen molar-refractivity contribution in [3.05, 3.63) is 70.8 Å². The Morgan fingerprint density at radius 2 is 1.52 bits per heavy atom. The first kappa shape index (κ1) is 24.3. The minimum atomic E-state index is -4.40. The minimum absolute atomic E-state index is 0.00692. The molecule has 1 heterocycles. The lowest BCUT2D eigenvalue weighted by Crippen LogP contribution is -2.41. The van der Waals surface area contributed by atoms with Gasteiger partial charge in [0, 0.05) is 13.1 Å². The first-order valence-electron chi connectivity index (χ1n) is 10.7. The highest BCUT2D eigenvalue weighted by Crippen LogP contribution is 2.29. The normalized spacial score (nSPS) is 16.0. The van der Waals surface area contributed by atoms with Crippen LogP contribution in [0.25, 0.3) is 0 Å². The van der Waals surface area contributed by atoms with Crippen LogP contribution in [0, 0.1) is 0 Å². The molecular weight excluding hydrogens is 437 g/mol. The van der Waals surface area contributed by atoms with Gasteiger partial charge in [-0.15, -0.1) is 0 Å². The predicted molar refractivity (Wildman–Crippen MR) is 114 cm³/mol. The predicted octanol–water partition coefficient (Wildman–Crippen LogP) is 3.22. The van der Waals surface area contributed by atoms with Crippen LogP contribution < -0.4 is 5.32 Å². The van der Waals surface area contributed by atoms with Crippen LogP contribution in [-0.2, 0) is 39.8 Å². The number of amides is 2. The molecule has 6 nitrogen and oxygen atoms in total. The molecule has 0 aromatic heterocycles. The molecule has 2 amide bonds. The first-order chi connectivity index (χ1) is 15.6. The summed E-state index contributed by atoms with van der Waals surface area (Å²) < 4.78 is 37.8. The van der Waals surface area contributed by atoms with Crippen molar-refractivity contribution in [3.8, 4) is 0 Å². The zero-order valence-electron chi connectivity index (χ0n) is 17.9. The fraction of sp³-hybridized carbons (Fsp3) is 0.375. The van der Waals surface area contributed by atoms with E-state index in [1.165, 1.54) is 17.0 Å². The number of carbonyl (C=O) groups excluding carboxylic acids is 2. The monoisotopic (exact) mass is 462 g/mol. The van der Waals surface area contributed by atoms with Gasteiger partial charge in [-0.3, -0.25) is 9.59 Å². The lowest BCUT2D eigenvalue weighted by molar-refractivity contribution is -0.148. The van der Waals surface area contributed by atoms with Gasteiger partial charge in [0.2, 0.25) is 11.8 Å². The van der Waals surface area contributed by atoms with Gasteiger partial charge in [0.15, 0.2) is 0 Å². The number of likely N-dealkylation sites (tertiary alicyclic amines) is 1. The molecule has 9 heteroatoms. The van der Waals surface area contributed by atoms with E-state index in [1.54, 1.807) is 0 Å². The Balaban J connectivity index is 1.42. The van der Waals surface area contributed by atoms with Crippen molar-refractivity contribution >= 4 is 17.8 Å². The third kappa shape index (κ3) is 6.81. The van der Waals surface area contributed by atoms with Crippen molar-refractivity contribution in [1.29, 1.82) is 0 Å². The van der Waals surface area contributed by atoms with Gasteiger partial charge in [-0.1, -0.05) is 36.4 Å². The molecule has 176 valence electrons. The smallest absolute Gasteiger partial charge is 0.416 e. The van der Waals surface area contributed by atoms with Gasteiger partial charge in [0.25, 0.3) is 0 Å². The minimum Gasteiger partial charge on any atom is -0.480 e. The molecule has 1 fully saturated rings. The number of benzene rings is 2. The SMILES string of the molecule is O=C(Cc1ccc(C(F)(F)F)cc1)NCCc1ccc(CC(=O)N2CCC[C@@H]2C(=O)O)cc1. The van der Waals surface area contributed by atoms with Crippen LogP contribution in [0.4, 0.5) is 13.2 Å². The van der Waals surface area contributed by atoms with Crippen LogP contribution in [0.15, 0.2) is 48.5 Å². The molecule has 0 aliphatic carbocycles.